The second-order valence-electron chi connectivity index (χ2n) is 10.6. The quantitative estimate of drug-likeness (QED) is 0.111. The monoisotopic (exact) mass is 552 g/mol. The van der Waals surface area contributed by atoms with Crippen LogP contribution >= 0.6 is 0 Å². The Kier molecular flexibility index (Phi) is 10.9. The third-order valence-electron chi connectivity index (χ3n) is 6.24. The molecule has 12 nitrogen and oxygen atoms in total. The van der Waals surface area contributed by atoms with Gasteiger partial charge in [-0.2, -0.15) is 0 Å². The van der Waals surface area contributed by atoms with E-state index in [2.05, 4.69) is 27.2 Å². The molecule has 0 saturated carbocycles. The lowest BCUT2D eigenvalue weighted by molar-refractivity contribution is -0.136. The molecular formula is C28H36N6O6. The molecule has 2 aliphatic heterocycles. The molecule has 1 saturated heterocycles. The summed E-state index contributed by atoms with van der Waals surface area (Å²) in [7, 11) is 0. The molecule has 2 heterocycles. The third kappa shape index (κ3) is 9.00. The van der Waals surface area contributed by atoms with E-state index in [1.165, 1.54) is 4.90 Å². The van der Waals surface area contributed by atoms with Crippen molar-refractivity contribution >= 4 is 23.8 Å². The fourth-order valence-corrected chi connectivity index (χ4v) is 4.37. The molecule has 0 radical (unpaired) electrons. The van der Waals surface area contributed by atoms with Crippen LogP contribution in [0.5, 0.6) is 0 Å². The summed E-state index contributed by atoms with van der Waals surface area (Å²) < 4.78 is 11.1. The number of carbonyl (C=O) groups excluding carboxylic acids is 4. The number of fused-ring (bicyclic) bond motifs is 1. The summed E-state index contributed by atoms with van der Waals surface area (Å²) in [4.78, 5) is 55.1. The number of azide groups is 1. The van der Waals surface area contributed by atoms with Gasteiger partial charge in [-0.25, -0.2) is 4.79 Å². The van der Waals surface area contributed by atoms with Gasteiger partial charge in [0.2, 0.25) is 11.8 Å². The molecule has 12 heteroatoms. The molecule has 1 unspecified atom stereocenters. The van der Waals surface area contributed by atoms with E-state index in [4.69, 9.17) is 15.0 Å². The van der Waals surface area contributed by atoms with E-state index < -0.39 is 23.6 Å². The highest BCUT2D eigenvalue weighted by atomic mass is 16.6. The summed E-state index contributed by atoms with van der Waals surface area (Å²) in [5.74, 6) is 5.21. The van der Waals surface area contributed by atoms with E-state index in [-0.39, 0.29) is 24.8 Å². The number of ether oxygens (including phenoxy) is 2. The van der Waals surface area contributed by atoms with E-state index in [1.54, 1.807) is 17.0 Å². The minimum atomic E-state index is -0.658. The minimum absolute atomic E-state index is 0.208. The smallest absolute Gasteiger partial charge is 0.410 e. The Morgan fingerprint density at radius 2 is 2.00 bits per heavy atom. The fourth-order valence-electron chi connectivity index (χ4n) is 4.37. The van der Waals surface area contributed by atoms with Gasteiger partial charge in [-0.1, -0.05) is 17.0 Å². The van der Waals surface area contributed by atoms with Gasteiger partial charge in [-0.15, -0.1) is 0 Å². The molecule has 214 valence electrons. The largest absolute Gasteiger partial charge is 0.444 e. The maximum Gasteiger partial charge on any atom is 0.410 e. The van der Waals surface area contributed by atoms with Crippen molar-refractivity contribution < 1.29 is 28.7 Å². The van der Waals surface area contributed by atoms with Crippen molar-refractivity contribution in [1.29, 1.82) is 0 Å². The summed E-state index contributed by atoms with van der Waals surface area (Å²) in [5, 5.41) is 5.77. The topological polar surface area (TPSA) is 154 Å². The summed E-state index contributed by atoms with van der Waals surface area (Å²) >= 11 is 0. The van der Waals surface area contributed by atoms with Crippen LogP contribution in [0.2, 0.25) is 0 Å². The van der Waals surface area contributed by atoms with E-state index >= 15 is 0 Å². The molecule has 0 bridgehead atoms. The van der Waals surface area contributed by atoms with E-state index in [1.807, 2.05) is 26.8 Å². The zero-order chi connectivity index (χ0) is 29.1. The normalized spacial score (nSPS) is 16.4. The first-order valence-electron chi connectivity index (χ1n) is 13.4. The number of rotatable bonds is 11. The first kappa shape index (κ1) is 30.5. The highest BCUT2D eigenvalue weighted by molar-refractivity contribution is 6.05. The fraction of sp³-hybridized carbons (Fsp3) is 0.571. The average molecular weight is 553 g/mol. The first-order chi connectivity index (χ1) is 19.1. The third-order valence-corrected chi connectivity index (χ3v) is 6.24. The van der Waals surface area contributed by atoms with Gasteiger partial charge in [0, 0.05) is 68.3 Å². The highest BCUT2D eigenvalue weighted by Crippen LogP contribution is 2.28. The van der Waals surface area contributed by atoms with E-state index in [0.717, 1.165) is 11.1 Å². The van der Waals surface area contributed by atoms with Crippen LogP contribution in [-0.2, 0) is 25.6 Å². The van der Waals surface area contributed by atoms with Gasteiger partial charge >= 0.3 is 6.09 Å². The molecule has 1 aromatic rings. The van der Waals surface area contributed by atoms with Crippen molar-refractivity contribution in [3.05, 3.63) is 45.3 Å². The number of piperidine rings is 1. The van der Waals surface area contributed by atoms with Gasteiger partial charge in [-0.05, 0) is 69.3 Å². The van der Waals surface area contributed by atoms with Gasteiger partial charge in [0.25, 0.3) is 5.91 Å². The summed E-state index contributed by atoms with van der Waals surface area (Å²) in [6.45, 7) is 7.89. The van der Waals surface area contributed by atoms with Gasteiger partial charge < -0.3 is 19.3 Å². The van der Waals surface area contributed by atoms with Crippen molar-refractivity contribution in [2.75, 3.05) is 32.8 Å². The molecule has 4 amide bonds. The number of benzene rings is 1. The summed E-state index contributed by atoms with van der Waals surface area (Å²) in [6.07, 6.45) is 1.79. The van der Waals surface area contributed by atoms with Crippen molar-refractivity contribution in [3.8, 4) is 11.8 Å². The number of imide groups is 1. The van der Waals surface area contributed by atoms with Crippen molar-refractivity contribution in [2.45, 2.75) is 71.1 Å². The number of nitrogens with one attached hydrogen (secondary N) is 1. The Bertz CT molecular complexity index is 1220. The maximum atomic E-state index is 12.9. The van der Waals surface area contributed by atoms with Crippen LogP contribution in [0.1, 0.15) is 74.4 Å². The molecule has 0 aliphatic carbocycles. The van der Waals surface area contributed by atoms with Gasteiger partial charge in [0.15, 0.2) is 0 Å². The number of nitrogens with zero attached hydrogens (tertiary/aromatic N) is 5. The number of hydrogen-bond acceptors (Lipinski definition) is 7. The molecule has 1 atom stereocenters. The lowest BCUT2D eigenvalue weighted by Crippen LogP contribution is -2.52. The lowest BCUT2D eigenvalue weighted by atomic mass is 10.0. The Morgan fingerprint density at radius 3 is 2.73 bits per heavy atom. The van der Waals surface area contributed by atoms with Crippen LogP contribution in [-0.4, -0.2) is 78.1 Å². The minimum Gasteiger partial charge on any atom is -0.444 e. The second-order valence-corrected chi connectivity index (χ2v) is 10.6. The molecule has 1 N–H and O–H groups in total. The van der Waals surface area contributed by atoms with Gasteiger partial charge in [0.05, 0.1) is 0 Å². The molecule has 1 fully saturated rings. The van der Waals surface area contributed by atoms with Crippen molar-refractivity contribution in [2.24, 2.45) is 5.11 Å². The standard InChI is InChI=1S/C28H36N6O6/c1-28(2,3)40-27(38)33(15-7-17-39-16-6-13-30-32-29)14-5-4-8-20-9-10-22-21(18-20)19-34(26(22)37)23-11-12-24(35)31-25(23)36/h9-10,18,23H,5-7,11-17,19H2,1-3H3,(H,31,35,36). The molecule has 0 aromatic heterocycles. The summed E-state index contributed by atoms with van der Waals surface area (Å²) in [5.41, 5.74) is 9.72. The van der Waals surface area contributed by atoms with Crippen LogP contribution in [0.25, 0.3) is 10.4 Å². The number of hydrogen-bond donors (Lipinski definition) is 1. The average Bonchev–Trinajstić information content (AvgIpc) is 3.21. The Morgan fingerprint density at radius 1 is 1.23 bits per heavy atom. The Balaban J connectivity index is 1.54. The molecule has 40 heavy (non-hydrogen) atoms. The summed E-state index contributed by atoms with van der Waals surface area (Å²) in [6, 6.07) is 4.67. The Labute approximate surface area is 234 Å². The van der Waals surface area contributed by atoms with Crippen molar-refractivity contribution in [3.63, 3.8) is 0 Å². The zero-order valence-corrected chi connectivity index (χ0v) is 23.3. The number of carbonyl (C=O) groups is 4. The van der Waals surface area contributed by atoms with Crippen LogP contribution < -0.4 is 5.32 Å². The van der Waals surface area contributed by atoms with Crippen molar-refractivity contribution in [1.82, 2.24) is 15.1 Å². The molecule has 0 spiro atoms. The molecular weight excluding hydrogens is 516 g/mol. The van der Waals surface area contributed by atoms with Crippen LogP contribution in [0.4, 0.5) is 4.79 Å². The second kappa shape index (κ2) is 14.4. The van der Waals surface area contributed by atoms with Crippen LogP contribution in [0, 0.1) is 11.8 Å². The molecule has 2 aliphatic rings. The van der Waals surface area contributed by atoms with Crippen LogP contribution in [0.3, 0.4) is 0 Å². The van der Waals surface area contributed by atoms with E-state index in [9.17, 15) is 19.2 Å². The van der Waals surface area contributed by atoms with E-state index in [0.29, 0.717) is 64.1 Å². The van der Waals surface area contributed by atoms with Gasteiger partial charge in [-0.3, -0.25) is 19.7 Å². The molecule has 3 rings (SSSR count). The predicted octanol–water partition coefficient (Wildman–Crippen LogP) is 3.53. The number of amides is 4. The lowest BCUT2D eigenvalue weighted by Gasteiger charge is -2.29. The van der Waals surface area contributed by atoms with Gasteiger partial charge in [0.1, 0.15) is 11.6 Å². The SMILES string of the molecule is CC(C)(C)OC(=O)N(CCC#Cc1ccc2c(c1)CN(C1CCC(=O)NC1=O)C2=O)CCCOCCCN=[N+]=[N-]. The first-order valence-corrected chi connectivity index (χ1v) is 13.4. The Hall–Kier alpha value is -4.07. The zero-order valence-electron chi connectivity index (χ0n) is 23.3. The highest BCUT2D eigenvalue weighted by Gasteiger charge is 2.39. The molecule has 1 aromatic carbocycles. The predicted molar refractivity (Wildman–Crippen MR) is 146 cm³/mol. The maximum absolute atomic E-state index is 12.9. The van der Waals surface area contributed by atoms with Crippen LogP contribution in [0.15, 0.2) is 23.3 Å².